The van der Waals surface area contributed by atoms with E-state index in [9.17, 15) is 0 Å². The highest BCUT2D eigenvalue weighted by molar-refractivity contribution is 7.09. The number of pyridine rings is 1. The van der Waals surface area contributed by atoms with Crippen molar-refractivity contribution in [2.45, 2.75) is 13.2 Å². The molecule has 0 radical (unpaired) electrons. The average molecular weight is 348 g/mol. The summed E-state index contributed by atoms with van der Waals surface area (Å²) in [4.78, 5) is 15.9. The van der Waals surface area contributed by atoms with Gasteiger partial charge in [-0.3, -0.25) is 0 Å². The highest BCUT2D eigenvalue weighted by Gasteiger charge is 2.21. The van der Waals surface area contributed by atoms with Crippen molar-refractivity contribution in [1.29, 1.82) is 0 Å². The quantitative estimate of drug-likeness (QED) is 0.783. The molecule has 1 aliphatic heterocycles. The SMILES string of the molecule is COCc1nsc(N2CCN(c3ccc(CN(C)C)cn3)CC2)n1. The second-order valence-electron chi connectivity index (χ2n) is 6.16. The lowest BCUT2D eigenvalue weighted by Gasteiger charge is -2.35. The highest BCUT2D eigenvalue weighted by Crippen LogP contribution is 2.21. The lowest BCUT2D eigenvalue weighted by atomic mass is 10.2. The van der Waals surface area contributed by atoms with Crippen molar-refractivity contribution in [3.8, 4) is 0 Å². The first-order valence-electron chi connectivity index (χ1n) is 8.07. The van der Waals surface area contributed by atoms with Crippen LogP contribution in [0.15, 0.2) is 18.3 Å². The third-order valence-electron chi connectivity index (χ3n) is 3.91. The molecule has 0 spiro atoms. The Morgan fingerprint density at radius 3 is 2.54 bits per heavy atom. The van der Waals surface area contributed by atoms with E-state index in [1.54, 1.807) is 7.11 Å². The molecule has 0 aliphatic carbocycles. The minimum absolute atomic E-state index is 0.472. The van der Waals surface area contributed by atoms with E-state index in [-0.39, 0.29) is 0 Å². The van der Waals surface area contributed by atoms with E-state index in [0.717, 1.165) is 49.5 Å². The van der Waals surface area contributed by atoms with Gasteiger partial charge in [-0.15, -0.1) is 0 Å². The average Bonchev–Trinajstić information content (AvgIpc) is 3.04. The summed E-state index contributed by atoms with van der Waals surface area (Å²) in [6, 6.07) is 4.28. The minimum Gasteiger partial charge on any atom is -0.377 e. The van der Waals surface area contributed by atoms with Crippen LogP contribution in [0, 0.1) is 0 Å². The first-order chi connectivity index (χ1) is 11.7. The topological polar surface area (TPSA) is 57.6 Å². The molecule has 24 heavy (non-hydrogen) atoms. The van der Waals surface area contributed by atoms with Crippen molar-refractivity contribution in [3.63, 3.8) is 0 Å². The fraction of sp³-hybridized carbons (Fsp3) is 0.562. The summed E-state index contributed by atoms with van der Waals surface area (Å²) in [6.45, 7) is 5.14. The Morgan fingerprint density at radius 2 is 1.92 bits per heavy atom. The maximum atomic E-state index is 5.08. The van der Waals surface area contributed by atoms with E-state index in [1.807, 2.05) is 6.20 Å². The van der Waals surface area contributed by atoms with Crippen molar-refractivity contribution < 1.29 is 4.74 Å². The second-order valence-corrected chi connectivity index (χ2v) is 6.89. The monoisotopic (exact) mass is 348 g/mol. The number of hydrogen-bond acceptors (Lipinski definition) is 8. The van der Waals surface area contributed by atoms with Crippen molar-refractivity contribution in [2.75, 3.05) is 57.2 Å². The molecule has 0 bridgehead atoms. The summed E-state index contributed by atoms with van der Waals surface area (Å²) < 4.78 is 9.41. The van der Waals surface area contributed by atoms with Gasteiger partial charge in [0.15, 0.2) is 5.82 Å². The molecule has 1 saturated heterocycles. The molecule has 0 N–H and O–H groups in total. The van der Waals surface area contributed by atoms with Gasteiger partial charge >= 0.3 is 0 Å². The van der Waals surface area contributed by atoms with Crippen molar-refractivity contribution in [2.24, 2.45) is 0 Å². The van der Waals surface area contributed by atoms with Gasteiger partial charge in [-0.25, -0.2) is 9.97 Å². The second kappa shape index (κ2) is 7.87. The maximum absolute atomic E-state index is 5.08. The predicted molar refractivity (Wildman–Crippen MR) is 96.7 cm³/mol. The number of aromatic nitrogens is 3. The Labute approximate surface area is 147 Å². The zero-order valence-corrected chi connectivity index (χ0v) is 15.3. The van der Waals surface area contributed by atoms with Crippen molar-refractivity contribution >= 4 is 22.5 Å². The maximum Gasteiger partial charge on any atom is 0.205 e. The van der Waals surface area contributed by atoms with Crippen LogP contribution in [0.3, 0.4) is 0 Å². The van der Waals surface area contributed by atoms with Gasteiger partial charge in [-0.1, -0.05) is 6.07 Å². The molecule has 7 nitrogen and oxygen atoms in total. The van der Waals surface area contributed by atoms with Crippen LogP contribution in [0.1, 0.15) is 11.4 Å². The molecule has 0 saturated carbocycles. The number of hydrogen-bond donors (Lipinski definition) is 0. The molecule has 0 aromatic carbocycles. The van der Waals surface area contributed by atoms with Crippen LogP contribution in [0.2, 0.25) is 0 Å². The van der Waals surface area contributed by atoms with Gasteiger partial charge < -0.3 is 19.4 Å². The number of ether oxygens (including phenoxy) is 1. The third-order valence-corrected chi connectivity index (χ3v) is 4.73. The Bertz CT molecular complexity index is 636. The first-order valence-corrected chi connectivity index (χ1v) is 8.84. The summed E-state index contributed by atoms with van der Waals surface area (Å²) >= 11 is 1.45. The molecule has 0 unspecified atom stereocenters. The van der Waals surface area contributed by atoms with Gasteiger partial charge in [0.05, 0.1) is 0 Å². The molecule has 3 rings (SSSR count). The van der Waals surface area contributed by atoms with E-state index >= 15 is 0 Å². The van der Waals surface area contributed by atoms with Crippen molar-refractivity contribution in [3.05, 3.63) is 29.7 Å². The summed E-state index contributed by atoms with van der Waals surface area (Å²) in [5.74, 6) is 1.81. The summed E-state index contributed by atoms with van der Waals surface area (Å²) in [7, 11) is 5.80. The Kier molecular flexibility index (Phi) is 5.60. The molecule has 1 aliphatic rings. The molecule has 1 fully saturated rings. The fourth-order valence-corrected chi connectivity index (χ4v) is 3.47. The zero-order valence-electron chi connectivity index (χ0n) is 14.5. The fourth-order valence-electron chi connectivity index (χ4n) is 2.75. The van der Waals surface area contributed by atoms with Gasteiger partial charge in [0, 0.05) is 57.6 Å². The number of rotatable bonds is 6. The van der Waals surface area contributed by atoms with Gasteiger partial charge in [0.1, 0.15) is 12.4 Å². The highest BCUT2D eigenvalue weighted by atomic mass is 32.1. The molecule has 0 amide bonds. The Hall–Kier alpha value is -1.77. The molecule has 3 heterocycles. The van der Waals surface area contributed by atoms with Crippen LogP contribution < -0.4 is 9.80 Å². The van der Waals surface area contributed by atoms with Crippen LogP contribution in [-0.4, -0.2) is 66.6 Å². The van der Waals surface area contributed by atoms with Crippen molar-refractivity contribution in [1.82, 2.24) is 19.2 Å². The predicted octanol–water partition coefficient (Wildman–Crippen LogP) is 1.47. The van der Waals surface area contributed by atoms with Gasteiger partial charge in [0.2, 0.25) is 5.13 Å². The van der Waals surface area contributed by atoms with Crippen LogP contribution in [-0.2, 0) is 17.9 Å². The van der Waals surface area contributed by atoms with Crippen LogP contribution in [0.25, 0.3) is 0 Å². The van der Waals surface area contributed by atoms with E-state index < -0.39 is 0 Å². The van der Waals surface area contributed by atoms with E-state index in [0.29, 0.717) is 6.61 Å². The summed E-state index contributed by atoms with van der Waals surface area (Å²) in [6.07, 6.45) is 1.98. The number of piperazine rings is 1. The molecule has 2 aromatic rings. The van der Waals surface area contributed by atoms with Crippen LogP contribution >= 0.6 is 11.5 Å². The summed E-state index contributed by atoms with van der Waals surface area (Å²) in [5, 5.41) is 0.982. The van der Waals surface area contributed by atoms with Crippen LogP contribution in [0.4, 0.5) is 10.9 Å². The number of nitrogens with zero attached hydrogens (tertiary/aromatic N) is 6. The van der Waals surface area contributed by atoms with Gasteiger partial charge in [0.25, 0.3) is 0 Å². The molecular formula is C16H24N6OS. The van der Waals surface area contributed by atoms with E-state index in [4.69, 9.17) is 4.74 Å². The normalized spacial score (nSPS) is 15.3. The zero-order chi connectivity index (χ0) is 16.9. The van der Waals surface area contributed by atoms with E-state index in [2.05, 4.69) is 55.3 Å². The minimum atomic E-state index is 0.472. The van der Waals surface area contributed by atoms with Gasteiger partial charge in [-0.2, -0.15) is 4.37 Å². The van der Waals surface area contributed by atoms with Crippen LogP contribution in [0.5, 0.6) is 0 Å². The smallest absolute Gasteiger partial charge is 0.205 e. The Morgan fingerprint density at radius 1 is 1.17 bits per heavy atom. The molecular weight excluding hydrogens is 324 g/mol. The molecule has 2 aromatic heterocycles. The standard InChI is InChI=1S/C16H24N6OS/c1-20(2)11-13-4-5-15(17-10-13)21-6-8-22(9-7-21)16-18-14(12-23-3)19-24-16/h4-5,10H,6-9,11-12H2,1-3H3. The van der Waals surface area contributed by atoms with Gasteiger partial charge in [-0.05, 0) is 25.7 Å². The lowest BCUT2D eigenvalue weighted by Crippen LogP contribution is -2.46. The number of anilines is 2. The third kappa shape index (κ3) is 4.19. The Balaban J connectivity index is 1.56. The first kappa shape index (κ1) is 17.1. The largest absolute Gasteiger partial charge is 0.377 e. The molecule has 8 heteroatoms. The molecule has 0 atom stereocenters. The summed E-state index contributed by atoms with van der Waals surface area (Å²) in [5.41, 5.74) is 1.24. The lowest BCUT2D eigenvalue weighted by molar-refractivity contribution is 0.179. The van der Waals surface area contributed by atoms with E-state index in [1.165, 1.54) is 17.1 Å². The molecule has 130 valence electrons. The number of methoxy groups -OCH3 is 1.